The SMILES string of the molecule is Cc1ccc(C(N)=NO)c(N2CCCC(N(C)C)C2)c1. The second-order valence-corrected chi connectivity index (χ2v) is 5.71. The molecular formula is C15H24N4O. The van der Waals surface area contributed by atoms with Gasteiger partial charge in [0, 0.05) is 30.4 Å². The highest BCUT2D eigenvalue weighted by molar-refractivity contribution is 6.02. The summed E-state index contributed by atoms with van der Waals surface area (Å²) in [6.07, 6.45) is 2.38. The van der Waals surface area contributed by atoms with Gasteiger partial charge in [-0.05, 0) is 51.6 Å². The molecule has 1 aromatic carbocycles. The van der Waals surface area contributed by atoms with Crippen LogP contribution in [-0.4, -0.2) is 49.2 Å². The van der Waals surface area contributed by atoms with Crippen molar-refractivity contribution in [2.45, 2.75) is 25.8 Å². The number of piperidine rings is 1. The maximum absolute atomic E-state index is 8.96. The van der Waals surface area contributed by atoms with Gasteiger partial charge < -0.3 is 20.7 Å². The van der Waals surface area contributed by atoms with Gasteiger partial charge >= 0.3 is 0 Å². The van der Waals surface area contributed by atoms with Crippen LogP contribution < -0.4 is 10.6 Å². The number of rotatable bonds is 3. The van der Waals surface area contributed by atoms with Crippen LogP contribution in [0.25, 0.3) is 0 Å². The Kier molecular flexibility index (Phi) is 4.49. The average Bonchev–Trinajstić information content (AvgIpc) is 2.46. The van der Waals surface area contributed by atoms with Crippen LogP contribution in [0.2, 0.25) is 0 Å². The summed E-state index contributed by atoms with van der Waals surface area (Å²) in [6.45, 7) is 4.05. The summed E-state index contributed by atoms with van der Waals surface area (Å²) in [7, 11) is 4.24. The zero-order chi connectivity index (χ0) is 14.7. The van der Waals surface area contributed by atoms with E-state index in [1.165, 1.54) is 12.0 Å². The number of hydrogen-bond donors (Lipinski definition) is 2. The van der Waals surface area contributed by atoms with E-state index in [-0.39, 0.29) is 5.84 Å². The van der Waals surface area contributed by atoms with Gasteiger partial charge in [0.15, 0.2) is 5.84 Å². The maximum Gasteiger partial charge on any atom is 0.172 e. The molecule has 5 heteroatoms. The Bertz CT molecular complexity index is 499. The lowest BCUT2D eigenvalue weighted by Gasteiger charge is -2.38. The molecule has 3 N–H and O–H groups in total. The Morgan fingerprint density at radius 2 is 2.20 bits per heavy atom. The monoisotopic (exact) mass is 276 g/mol. The van der Waals surface area contributed by atoms with E-state index in [0.717, 1.165) is 30.8 Å². The molecule has 1 atom stereocenters. The van der Waals surface area contributed by atoms with Gasteiger partial charge in [-0.25, -0.2) is 0 Å². The summed E-state index contributed by atoms with van der Waals surface area (Å²) in [5, 5.41) is 12.1. The van der Waals surface area contributed by atoms with Crippen LogP contribution in [0.15, 0.2) is 23.4 Å². The first-order valence-electron chi connectivity index (χ1n) is 7.03. The summed E-state index contributed by atoms with van der Waals surface area (Å²) < 4.78 is 0. The normalized spacial score (nSPS) is 20.5. The number of anilines is 1. The Labute approximate surface area is 120 Å². The fourth-order valence-corrected chi connectivity index (χ4v) is 2.77. The van der Waals surface area contributed by atoms with Crippen LogP contribution in [0.4, 0.5) is 5.69 Å². The third-order valence-electron chi connectivity index (χ3n) is 4.00. The largest absolute Gasteiger partial charge is 0.409 e. The molecule has 1 saturated heterocycles. The van der Waals surface area contributed by atoms with E-state index in [1.54, 1.807) is 0 Å². The van der Waals surface area contributed by atoms with Gasteiger partial charge in [0.1, 0.15) is 0 Å². The molecule has 20 heavy (non-hydrogen) atoms. The van der Waals surface area contributed by atoms with E-state index in [1.807, 2.05) is 12.1 Å². The van der Waals surface area contributed by atoms with Gasteiger partial charge in [0.2, 0.25) is 0 Å². The Balaban J connectivity index is 2.33. The number of aryl methyl sites for hydroxylation is 1. The van der Waals surface area contributed by atoms with Crippen LogP contribution in [-0.2, 0) is 0 Å². The fraction of sp³-hybridized carbons (Fsp3) is 0.533. The lowest BCUT2D eigenvalue weighted by Crippen LogP contribution is -2.45. The number of amidine groups is 1. The third kappa shape index (κ3) is 3.04. The minimum absolute atomic E-state index is 0.173. The Morgan fingerprint density at radius 1 is 1.45 bits per heavy atom. The lowest BCUT2D eigenvalue weighted by atomic mass is 10.0. The molecule has 110 valence electrons. The smallest absolute Gasteiger partial charge is 0.172 e. The molecule has 5 nitrogen and oxygen atoms in total. The zero-order valence-electron chi connectivity index (χ0n) is 12.5. The van der Waals surface area contributed by atoms with Crippen molar-refractivity contribution in [2.75, 3.05) is 32.1 Å². The van der Waals surface area contributed by atoms with Crippen LogP contribution in [0.3, 0.4) is 0 Å². The van der Waals surface area contributed by atoms with Crippen molar-refractivity contribution < 1.29 is 5.21 Å². The molecule has 1 aliphatic heterocycles. The van der Waals surface area contributed by atoms with Gasteiger partial charge in [-0.2, -0.15) is 0 Å². The lowest BCUT2D eigenvalue weighted by molar-refractivity contribution is 0.258. The second-order valence-electron chi connectivity index (χ2n) is 5.71. The van der Waals surface area contributed by atoms with E-state index < -0.39 is 0 Å². The van der Waals surface area contributed by atoms with Crippen molar-refractivity contribution in [1.29, 1.82) is 0 Å². The fourth-order valence-electron chi connectivity index (χ4n) is 2.77. The number of hydrogen-bond acceptors (Lipinski definition) is 4. The van der Waals surface area contributed by atoms with E-state index in [4.69, 9.17) is 10.9 Å². The Hall–Kier alpha value is -1.75. The number of likely N-dealkylation sites (N-methyl/N-ethyl adjacent to an activating group) is 1. The molecule has 1 aromatic rings. The molecule has 0 aromatic heterocycles. The molecule has 0 amide bonds. The predicted molar refractivity (Wildman–Crippen MR) is 82.6 cm³/mol. The van der Waals surface area contributed by atoms with Crippen molar-refractivity contribution in [3.05, 3.63) is 29.3 Å². The summed E-state index contributed by atoms with van der Waals surface area (Å²) in [5.74, 6) is 0.173. The second kappa shape index (κ2) is 6.13. The third-order valence-corrected chi connectivity index (χ3v) is 4.00. The molecule has 0 spiro atoms. The standard InChI is InChI=1S/C15H24N4O/c1-11-6-7-13(15(16)17-20)14(9-11)19-8-4-5-12(10-19)18(2)3/h6-7,9,12,20H,4-5,8,10H2,1-3H3,(H2,16,17). The highest BCUT2D eigenvalue weighted by atomic mass is 16.4. The summed E-state index contributed by atoms with van der Waals surface area (Å²) >= 11 is 0. The van der Waals surface area contributed by atoms with Crippen LogP contribution in [0.5, 0.6) is 0 Å². The van der Waals surface area contributed by atoms with Gasteiger partial charge in [-0.3, -0.25) is 0 Å². The molecule has 0 saturated carbocycles. The van der Waals surface area contributed by atoms with Crippen LogP contribution >= 0.6 is 0 Å². The number of nitrogens with two attached hydrogens (primary N) is 1. The quantitative estimate of drug-likeness (QED) is 0.381. The zero-order valence-corrected chi connectivity index (χ0v) is 12.5. The highest BCUT2D eigenvalue weighted by Crippen LogP contribution is 2.26. The van der Waals surface area contributed by atoms with Gasteiger partial charge in [-0.1, -0.05) is 11.2 Å². The number of benzene rings is 1. The highest BCUT2D eigenvalue weighted by Gasteiger charge is 2.23. The van der Waals surface area contributed by atoms with Crippen molar-refractivity contribution in [2.24, 2.45) is 10.9 Å². The van der Waals surface area contributed by atoms with Gasteiger partial charge in [0.25, 0.3) is 0 Å². The molecule has 0 aliphatic carbocycles. The molecule has 0 bridgehead atoms. The predicted octanol–water partition coefficient (Wildman–Crippen LogP) is 1.62. The first-order valence-corrected chi connectivity index (χ1v) is 7.03. The van der Waals surface area contributed by atoms with E-state index >= 15 is 0 Å². The first kappa shape index (κ1) is 14.7. The van der Waals surface area contributed by atoms with E-state index in [0.29, 0.717) is 6.04 Å². The molecule has 0 radical (unpaired) electrons. The van der Waals surface area contributed by atoms with Gasteiger partial charge in [-0.15, -0.1) is 0 Å². The number of oxime groups is 1. The van der Waals surface area contributed by atoms with Crippen molar-refractivity contribution in [3.63, 3.8) is 0 Å². The summed E-state index contributed by atoms with van der Waals surface area (Å²) in [6, 6.07) is 6.58. The van der Waals surface area contributed by atoms with Crippen molar-refractivity contribution in [1.82, 2.24) is 4.90 Å². The summed E-state index contributed by atoms with van der Waals surface area (Å²) in [5.41, 5.74) is 8.86. The molecular weight excluding hydrogens is 252 g/mol. The maximum atomic E-state index is 8.96. The Morgan fingerprint density at radius 3 is 2.85 bits per heavy atom. The average molecular weight is 276 g/mol. The number of nitrogens with zero attached hydrogens (tertiary/aromatic N) is 3. The summed E-state index contributed by atoms with van der Waals surface area (Å²) in [4.78, 5) is 4.61. The van der Waals surface area contributed by atoms with Crippen LogP contribution in [0.1, 0.15) is 24.0 Å². The molecule has 1 aliphatic rings. The minimum Gasteiger partial charge on any atom is -0.409 e. The topological polar surface area (TPSA) is 65.1 Å². The van der Waals surface area contributed by atoms with E-state index in [2.05, 4.69) is 42.0 Å². The van der Waals surface area contributed by atoms with Crippen molar-refractivity contribution in [3.8, 4) is 0 Å². The molecule has 1 unspecified atom stereocenters. The molecule has 1 fully saturated rings. The van der Waals surface area contributed by atoms with Crippen LogP contribution in [0, 0.1) is 6.92 Å². The first-order chi connectivity index (χ1) is 9.52. The van der Waals surface area contributed by atoms with Gasteiger partial charge in [0.05, 0.1) is 0 Å². The molecule has 1 heterocycles. The van der Waals surface area contributed by atoms with E-state index in [9.17, 15) is 0 Å². The minimum atomic E-state index is 0.173. The van der Waals surface area contributed by atoms with Crippen molar-refractivity contribution >= 4 is 11.5 Å². The molecule has 2 rings (SSSR count).